The van der Waals surface area contributed by atoms with Gasteiger partial charge in [0.25, 0.3) is 0 Å². The number of ether oxygens (including phenoxy) is 2. The number of anilines is 1. The molecule has 1 aromatic carbocycles. The van der Waals surface area contributed by atoms with Crippen molar-refractivity contribution in [2.24, 2.45) is 0 Å². The van der Waals surface area contributed by atoms with E-state index in [-0.39, 0.29) is 5.82 Å². The Balaban J connectivity index is 1.49. The van der Waals surface area contributed by atoms with Crippen molar-refractivity contribution in [1.82, 2.24) is 14.5 Å². The molecule has 0 fully saturated rings. The van der Waals surface area contributed by atoms with E-state index in [4.69, 9.17) is 21.1 Å². The highest BCUT2D eigenvalue weighted by molar-refractivity contribution is 7.13. The minimum absolute atomic E-state index is 0.343. The second kappa shape index (κ2) is 8.89. The van der Waals surface area contributed by atoms with Gasteiger partial charge in [-0.1, -0.05) is 11.6 Å². The Morgan fingerprint density at radius 1 is 1.23 bits per heavy atom. The first-order valence-electron chi connectivity index (χ1n) is 9.39. The first-order chi connectivity index (χ1) is 14.6. The second-order valence-corrected chi connectivity index (χ2v) is 7.72. The summed E-state index contributed by atoms with van der Waals surface area (Å²) in [6, 6.07) is 8.53. The van der Waals surface area contributed by atoms with Crippen LogP contribution in [0.1, 0.15) is 6.92 Å². The Hall–Kier alpha value is -2.84. The first kappa shape index (κ1) is 20.4. The lowest BCUT2D eigenvalue weighted by molar-refractivity contribution is 0.342. The zero-order valence-corrected chi connectivity index (χ0v) is 18.1. The molecule has 0 radical (unpaired) electrons. The largest absolute Gasteiger partial charge is 0.496 e. The molecule has 6 nitrogen and oxygen atoms in total. The fourth-order valence-electron chi connectivity index (χ4n) is 3.26. The predicted octanol–water partition coefficient (Wildman–Crippen LogP) is 5.47. The molecule has 0 saturated carbocycles. The quantitative estimate of drug-likeness (QED) is 0.388. The summed E-state index contributed by atoms with van der Waals surface area (Å²) < 4.78 is 27.0. The molecule has 0 amide bonds. The highest BCUT2D eigenvalue weighted by Crippen LogP contribution is 2.33. The van der Waals surface area contributed by atoms with Gasteiger partial charge in [-0.2, -0.15) is 0 Å². The predicted molar refractivity (Wildman–Crippen MR) is 118 cm³/mol. The molecular weight excluding hydrogens is 427 g/mol. The van der Waals surface area contributed by atoms with Crippen molar-refractivity contribution in [2.75, 3.05) is 25.6 Å². The van der Waals surface area contributed by atoms with Crippen molar-refractivity contribution < 1.29 is 13.9 Å². The average Bonchev–Trinajstić information content (AvgIpc) is 3.34. The van der Waals surface area contributed by atoms with Crippen LogP contribution in [0, 0.1) is 5.82 Å². The van der Waals surface area contributed by atoms with Crippen LogP contribution in [-0.4, -0.2) is 34.8 Å². The molecule has 9 heteroatoms. The molecule has 0 bridgehead atoms. The third-order valence-corrected chi connectivity index (χ3v) is 5.83. The minimum atomic E-state index is -0.343. The van der Waals surface area contributed by atoms with Crippen LogP contribution in [0.4, 0.5) is 10.2 Å². The molecule has 0 saturated heterocycles. The van der Waals surface area contributed by atoms with E-state index in [1.807, 2.05) is 24.4 Å². The highest BCUT2D eigenvalue weighted by atomic mass is 35.5. The molecular formula is C21H20ClFN4O2S. The zero-order valence-electron chi connectivity index (χ0n) is 16.5. The summed E-state index contributed by atoms with van der Waals surface area (Å²) in [7, 11) is 1.55. The van der Waals surface area contributed by atoms with E-state index >= 15 is 0 Å². The SMILES string of the molecule is CCOc1csc(-c2cc(NCCn3c(Cl)cc4c(OC)ccc(F)c43)ncn2)c1. The van der Waals surface area contributed by atoms with Crippen LogP contribution < -0.4 is 14.8 Å². The van der Waals surface area contributed by atoms with Gasteiger partial charge in [0.15, 0.2) is 0 Å². The molecule has 3 aromatic heterocycles. The number of nitrogens with zero attached hydrogens (tertiary/aromatic N) is 3. The maximum Gasteiger partial charge on any atom is 0.147 e. The summed E-state index contributed by atoms with van der Waals surface area (Å²) >= 11 is 7.92. The van der Waals surface area contributed by atoms with Gasteiger partial charge in [-0.25, -0.2) is 14.4 Å². The number of halogens is 2. The van der Waals surface area contributed by atoms with E-state index in [1.54, 1.807) is 35.1 Å². The Morgan fingerprint density at radius 3 is 2.90 bits per heavy atom. The van der Waals surface area contributed by atoms with Crippen molar-refractivity contribution in [2.45, 2.75) is 13.5 Å². The van der Waals surface area contributed by atoms with E-state index in [2.05, 4.69) is 15.3 Å². The van der Waals surface area contributed by atoms with Crippen LogP contribution in [0.3, 0.4) is 0 Å². The summed E-state index contributed by atoms with van der Waals surface area (Å²) in [4.78, 5) is 9.61. The van der Waals surface area contributed by atoms with E-state index in [0.29, 0.717) is 47.3 Å². The van der Waals surface area contributed by atoms with E-state index < -0.39 is 0 Å². The number of methoxy groups -OCH3 is 1. The van der Waals surface area contributed by atoms with Gasteiger partial charge < -0.3 is 19.4 Å². The number of rotatable bonds is 8. The smallest absolute Gasteiger partial charge is 0.147 e. The summed E-state index contributed by atoms with van der Waals surface area (Å²) in [5, 5.41) is 6.30. The molecule has 3 heterocycles. The number of hydrogen-bond donors (Lipinski definition) is 1. The van der Waals surface area contributed by atoms with Crippen LogP contribution in [0.25, 0.3) is 21.5 Å². The molecule has 0 aliphatic carbocycles. The number of nitrogens with one attached hydrogen (secondary N) is 1. The van der Waals surface area contributed by atoms with Gasteiger partial charge in [0.2, 0.25) is 0 Å². The molecule has 4 aromatic rings. The van der Waals surface area contributed by atoms with E-state index in [0.717, 1.165) is 16.3 Å². The number of benzene rings is 1. The number of aromatic nitrogens is 3. The van der Waals surface area contributed by atoms with Crippen molar-refractivity contribution in [1.29, 1.82) is 0 Å². The molecule has 0 aliphatic heterocycles. The van der Waals surface area contributed by atoms with E-state index in [9.17, 15) is 4.39 Å². The lowest BCUT2D eigenvalue weighted by Gasteiger charge is -2.11. The minimum Gasteiger partial charge on any atom is -0.496 e. The van der Waals surface area contributed by atoms with Gasteiger partial charge >= 0.3 is 0 Å². The van der Waals surface area contributed by atoms with Crippen LogP contribution >= 0.6 is 22.9 Å². The van der Waals surface area contributed by atoms with Gasteiger partial charge in [0, 0.05) is 36.0 Å². The van der Waals surface area contributed by atoms with Gasteiger partial charge in [-0.15, -0.1) is 11.3 Å². The van der Waals surface area contributed by atoms with Gasteiger partial charge in [-0.05, 0) is 25.1 Å². The number of hydrogen-bond acceptors (Lipinski definition) is 6. The molecule has 0 unspecified atom stereocenters. The summed E-state index contributed by atoms with van der Waals surface area (Å²) in [6.07, 6.45) is 1.51. The summed E-state index contributed by atoms with van der Waals surface area (Å²) in [5.74, 6) is 1.75. The Bertz CT molecular complexity index is 1180. The van der Waals surface area contributed by atoms with Crippen LogP contribution in [0.15, 0.2) is 42.0 Å². The lowest BCUT2D eigenvalue weighted by atomic mass is 10.2. The first-order valence-corrected chi connectivity index (χ1v) is 10.6. The molecule has 1 N–H and O–H groups in total. The van der Waals surface area contributed by atoms with Crippen LogP contribution in [0.5, 0.6) is 11.5 Å². The molecule has 0 atom stereocenters. The Labute approximate surface area is 182 Å². The van der Waals surface area contributed by atoms with Gasteiger partial charge in [0.1, 0.15) is 34.6 Å². The van der Waals surface area contributed by atoms with Gasteiger partial charge in [-0.3, -0.25) is 0 Å². The topological polar surface area (TPSA) is 61.2 Å². The second-order valence-electron chi connectivity index (χ2n) is 6.43. The fraction of sp³-hybridized carbons (Fsp3) is 0.238. The molecule has 4 rings (SSSR count). The van der Waals surface area contributed by atoms with Crippen molar-refractivity contribution in [3.8, 4) is 22.1 Å². The van der Waals surface area contributed by atoms with Crippen molar-refractivity contribution in [3.05, 3.63) is 53.0 Å². The maximum absolute atomic E-state index is 14.4. The fourth-order valence-corrected chi connectivity index (χ4v) is 4.33. The highest BCUT2D eigenvalue weighted by Gasteiger charge is 2.15. The molecule has 30 heavy (non-hydrogen) atoms. The maximum atomic E-state index is 14.4. The Kier molecular flexibility index (Phi) is 6.06. The van der Waals surface area contributed by atoms with Crippen LogP contribution in [0.2, 0.25) is 5.15 Å². The summed E-state index contributed by atoms with van der Waals surface area (Å²) in [5.41, 5.74) is 1.23. The normalized spacial score (nSPS) is 11.1. The molecule has 156 valence electrons. The van der Waals surface area contributed by atoms with Crippen molar-refractivity contribution >= 4 is 39.7 Å². The Morgan fingerprint density at radius 2 is 2.10 bits per heavy atom. The molecule has 0 aliphatic rings. The standard InChI is InChI=1S/C21H20ClFN4O2S/c1-3-29-13-8-18(30-11-13)16-10-20(26-12-25-16)24-6-7-27-19(22)9-14-17(28-2)5-4-15(23)21(14)27/h4-5,8-12H,3,6-7H2,1-2H3,(H,24,25,26). The molecule has 0 spiro atoms. The third kappa shape index (κ3) is 4.06. The summed E-state index contributed by atoms with van der Waals surface area (Å²) in [6.45, 7) is 3.53. The average molecular weight is 447 g/mol. The number of fused-ring (bicyclic) bond motifs is 1. The van der Waals surface area contributed by atoms with E-state index in [1.165, 1.54) is 12.4 Å². The van der Waals surface area contributed by atoms with Crippen LogP contribution in [-0.2, 0) is 6.54 Å². The number of thiophene rings is 1. The monoisotopic (exact) mass is 446 g/mol. The van der Waals surface area contributed by atoms with Crippen molar-refractivity contribution in [3.63, 3.8) is 0 Å². The lowest BCUT2D eigenvalue weighted by Crippen LogP contribution is -2.12. The van der Waals surface area contributed by atoms with Gasteiger partial charge in [0.05, 0.1) is 29.8 Å². The third-order valence-electron chi connectivity index (χ3n) is 4.59. The zero-order chi connectivity index (χ0) is 21.1.